The molecular formula is C31H34F3N5O3. The summed E-state index contributed by atoms with van der Waals surface area (Å²) in [6.45, 7) is 7.28. The van der Waals surface area contributed by atoms with E-state index in [1.807, 2.05) is 36.1 Å². The minimum absolute atomic E-state index is 0.0907. The lowest BCUT2D eigenvalue weighted by atomic mass is 10.0. The molecule has 2 aromatic rings. The molecule has 2 heterocycles. The summed E-state index contributed by atoms with van der Waals surface area (Å²) in [7, 11) is 0. The molecule has 0 bridgehead atoms. The monoisotopic (exact) mass is 581 g/mol. The highest BCUT2D eigenvalue weighted by Crippen LogP contribution is 2.37. The number of nitrogens with one attached hydrogen (secondary N) is 1. The number of nitriles is 1. The standard InChI is InChI=1S/C31H34F3N5O3/c1-21-9-6-7-11-27(21)36-30(42)38-17-15-37(16-18-38)14-8-4-3-5-10-25-22(2)28(40)39(29(25)41)24-13-12-23(20-35)26(19-24)31(32,33)34/h6-7,9,11-13,19H,3-5,8,10,14-18H2,1-2H3,(H,36,42). The summed E-state index contributed by atoms with van der Waals surface area (Å²) < 4.78 is 40.2. The molecule has 0 aromatic heterocycles. The van der Waals surface area contributed by atoms with Crippen molar-refractivity contribution in [1.29, 1.82) is 5.26 Å². The van der Waals surface area contributed by atoms with Crippen molar-refractivity contribution in [3.63, 3.8) is 0 Å². The van der Waals surface area contributed by atoms with E-state index in [-0.39, 0.29) is 17.3 Å². The maximum absolute atomic E-state index is 13.4. The Morgan fingerprint density at radius 3 is 2.31 bits per heavy atom. The molecule has 1 saturated heterocycles. The highest BCUT2D eigenvalue weighted by Gasteiger charge is 2.39. The van der Waals surface area contributed by atoms with Crippen LogP contribution in [-0.2, 0) is 15.8 Å². The van der Waals surface area contributed by atoms with Crippen molar-refractivity contribution in [2.24, 2.45) is 0 Å². The van der Waals surface area contributed by atoms with E-state index in [0.717, 1.165) is 61.1 Å². The Balaban J connectivity index is 1.19. The fourth-order valence-corrected chi connectivity index (χ4v) is 5.29. The van der Waals surface area contributed by atoms with Gasteiger partial charge in [-0.3, -0.25) is 14.5 Å². The first-order valence-corrected chi connectivity index (χ1v) is 14.0. The van der Waals surface area contributed by atoms with E-state index in [1.165, 1.54) is 19.1 Å². The van der Waals surface area contributed by atoms with E-state index in [9.17, 15) is 27.6 Å². The quantitative estimate of drug-likeness (QED) is 0.295. The third kappa shape index (κ3) is 6.99. The zero-order chi connectivity index (χ0) is 30.4. The average Bonchev–Trinajstić information content (AvgIpc) is 3.18. The number of urea groups is 1. The number of imide groups is 1. The first-order valence-electron chi connectivity index (χ1n) is 14.0. The van der Waals surface area contributed by atoms with Gasteiger partial charge in [0, 0.05) is 43.0 Å². The zero-order valence-corrected chi connectivity index (χ0v) is 23.8. The first-order chi connectivity index (χ1) is 20.0. The van der Waals surface area contributed by atoms with Crippen LogP contribution in [-0.4, -0.2) is 60.4 Å². The Kier molecular flexibility index (Phi) is 9.68. The number of alkyl halides is 3. The fraction of sp³-hybridized carbons (Fsp3) is 0.419. The minimum Gasteiger partial charge on any atom is -0.322 e. The average molecular weight is 582 g/mol. The van der Waals surface area contributed by atoms with Gasteiger partial charge in [-0.15, -0.1) is 0 Å². The van der Waals surface area contributed by atoms with Crippen LogP contribution < -0.4 is 10.2 Å². The predicted octanol–water partition coefficient (Wildman–Crippen LogP) is 5.88. The number of halogens is 3. The topological polar surface area (TPSA) is 96.8 Å². The number of nitrogens with zero attached hydrogens (tertiary/aromatic N) is 4. The predicted molar refractivity (Wildman–Crippen MR) is 153 cm³/mol. The van der Waals surface area contributed by atoms with Crippen molar-refractivity contribution >= 4 is 29.2 Å². The number of hydrogen-bond acceptors (Lipinski definition) is 5. The second-order valence-electron chi connectivity index (χ2n) is 10.6. The van der Waals surface area contributed by atoms with E-state index >= 15 is 0 Å². The number of carbonyl (C=O) groups excluding carboxylic acids is 3. The van der Waals surface area contributed by atoms with Gasteiger partial charge in [0.2, 0.25) is 0 Å². The molecule has 0 saturated carbocycles. The third-order valence-corrected chi connectivity index (χ3v) is 7.82. The number of anilines is 2. The Morgan fingerprint density at radius 1 is 0.952 bits per heavy atom. The molecule has 0 spiro atoms. The molecule has 4 amide bonds. The van der Waals surface area contributed by atoms with Gasteiger partial charge in [-0.1, -0.05) is 31.0 Å². The van der Waals surface area contributed by atoms with Crippen molar-refractivity contribution in [1.82, 2.24) is 9.80 Å². The largest absolute Gasteiger partial charge is 0.417 e. The van der Waals surface area contributed by atoms with E-state index in [1.54, 1.807) is 0 Å². The highest BCUT2D eigenvalue weighted by molar-refractivity contribution is 6.32. The van der Waals surface area contributed by atoms with E-state index in [2.05, 4.69) is 10.2 Å². The Hall–Kier alpha value is -4.17. The van der Waals surface area contributed by atoms with Crippen LogP contribution in [0.2, 0.25) is 0 Å². The number of amides is 4. The second kappa shape index (κ2) is 13.2. The summed E-state index contributed by atoms with van der Waals surface area (Å²) in [5.41, 5.74) is 0.445. The Bertz CT molecular complexity index is 1420. The van der Waals surface area contributed by atoms with Gasteiger partial charge in [-0.25, -0.2) is 9.69 Å². The van der Waals surface area contributed by atoms with Gasteiger partial charge >= 0.3 is 12.2 Å². The van der Waals surface area contributed by atoms with Crippen molar-refractivity contribution in [2.75, 3.05) is 42.9 Å². The van der Waals surface area contributed by atoms with Crippen LogP contribution in [0, 0.1) is 18.3 Å². The Morgan fingerprint density at radius 2 is 1.64 bits per heavy atom. The lowest BCUT2D eigenvalue weighted by Crippen LogP contribution is -2.50. The van der Waals surface area contributed by atoms with Crippen molar-refractivity contribution in [3.05, 3.63) is 70.3 Å². The summed E-state index contributed by atoms with van der Waals surface area (Å²) >= 11 is 0. The zero-order valence-electron chi connectivity index (χ0n) is 23.8. The molecule has 2 aromatic carbocycles. The van der Waals surface area contributed by atoms with Crippen LogP contribution in [0.5, 0.6) is 0 Å². The number of benzene rings is 2. The molecule has 0 unspecified atom stereocenters. The van der Waals surface area contributed by atoms with Crippen LogP contribution in [0.3, 0.4) is 0 Å². The van der Waals surface area contributed by atoms with Gasteiger partial charge in [0.25, 0.3) is 11.8 Å². The highest BCUT2D eigenvalue weighted by atomic mass is 19.4. The summed E-state index contributed by atoms with van der Waals surface area (Å²) in [5.74, 6) is -1.25. The number of aryl methyl sites for hydroxylation is 1. The van der Waals surface area contributed by atoms with Gasteiger partial charge in [-0.2, -0.15) is 18.4 Å². The molecule has 42 heavy (non-hydrogen) atoms. The molecule has 11 heteroatoms. The lowest BCUT2D eigenvalue weighted by molar-refractivity contribution is -0.138. The van der Waals surface area contributed by atoms with Gasteiger partial charge in [-0.05, 0) is 69.5 Å². The molecule has 1 fully saturated rings. The number of unbranched alkanes of at least 4 members (excludes halogenated alkanes) is 3. The molecular weight excluding hydrogens is 547 g/mol. The molecule has 1 N–H and O–H groups in total. The molecule has 2 aliphatic heterocycles. The fourth-order valence-electron chi connectivity index (χ4n) is 5.29. The van der Waals surface area contributed by atoms with Crippen LogP contribution in [0.15, 0.2) is 53.6 Å². The van der Waals surface area contributed by atoms with E-state index in [4.69, 9.17) is 5.26 Å². The molecule has 2 aliphatic rings. The van der Waals surface area contributed by atoms with Gasteiger partial charge < -0.3 is 10.2 Å². The smallest absolute Gasteiger partial charge is 0.322 e. The number of piperazine rings is 1. The maximum atomic E-state index is 13.4. The SMILES string of the molecule is CC1=C(CCCCCCN2CCN(C(=O)Nc3ccccc3C)CC2)C(=O)N(c2ccc(C#N)c(C(F)(F)F)c2)C1=O. The van der Waals surface area contributed by atoms with Crippen LogP contribution in [0.1, 0.15) is 55.7 Å². The lowest BCUT2D eigenvalue weighted by Gasteiger charge is -2.34. The number of para-hydroxylation sites is 1. The Labute approximate surface area is 243 Å². The molecule has 0 aliphatic carbocycles. The molecule has 8 nitrogen and oxygen atoms in total. The second-order valence-corrected chi connectivity index (χ2v) is 10.6. The summed E-state index contributed by atoms with van der Waals surface area (Å²) in [6.07, 6.45) is -1.03. The first kappa shape index (κ1) is 30.8. The van der Waals surface area contributed by atoms with Gasteiger partial charge in [0.15, 0.2) is 0 Å². The van der Waals surface area contributed by atoms with Crippen LogP contribution >= 0.6 is 0 Å². The summed E-state index contributed by atoms with van der Waals surface area (Å²) in [6, 6.07) is 11.9. The van der Waals surface area contributed by atoms with Crippen molar-refractivity contribution in [3.8, 4) is 6.07 Å². The van der Waals surface area contributed by atoms with Crippen molar-refractivity contribution in [2.45, 2.75) is 52.1 Å². The summed E-state index contributed by atoms with van der Waals surface area (Å²) in [4.78, 5) is 43.3. The number of hydrogen-bond donors (Lipinski definition) is 1. The maximum Gasteiger partial charge on any atom is 0.417 e. The number of rotatable bonds is 9. The normalized spacial score (nSPS) is 16.3. The van der Waals surface area contributed by atoms with E-state index < -0.39 is 29.1 Å². The molecule has 222 valence electrons. The molecule has 0 radical (unpaired) electrons. The molecule has 0 atom stereocenters. The molecule has 4 rings (SSSR count). The van der Waals surface area contributed by atoms with Crippen molar-refractivity contribution < 1.29 is 27.6 Å². The van der Waals surface area contributed by atoms with Crippen LogP contribution in [0.25, 0.3) is 0 Å². The summed E-state index contributed by atoms with van der Waals surface area (Å²) in [5, 5.41) is 12.0. The van der Waals surface area contributed by atoms with E-state index in [0.29, 0.717) is 37.6 Å². The number of carbonyl (C=O) groups is 3. The third-order valence-electron chi connectivity index (χ3n) is 7.82. The minimum atomic E-state index is -4.79. The van der Waals surface area contributed by atoms with Gasteiger partial charge in [0.1, 0.15) is 0 Å². The van der Waals surface area contributed by atoms with Gasteiger partial charge in [0.05, 0.1) is 22.9 Å². The van der Waals surface area contributed by atoms with Crippen LogP contribution in [0.4, 0.5) is 29.3 Å².